The molecule has 0 unspecified atom stereocenters. The van der Waals surface area contributed by atoms with E-state index in [0.717, 1.165) is 32.7 Å². The highest BCUT2D eigenvalue weighted by molar-refractivity contribution is 5.73. The number of hydrogen-bond donors (Lipinski definition) is 1. The fraction of sp³-hybridized carbons (Fsp3) is 0.611. The van der Waals surface area contributed by atoms with Crippen molar-refractivity contribution >= 4 is 5.91 Å². The molecule has 1 amide bonds. The van der Waals surface area contributed by atoms with E-state index < -0.39 is 0 Å². The van der Waals surface area contributed by atoms with Crippen molar-refractivity contribution in [3.05, 3.63) is 4.91 Å². The third-order valence-electron chi connectivity index (χ3n) is 2.84. The van der Waals surface area contributed by atoms with Crippen molar-refractivity contribution in [2.45, 2.75) is 34.6 Å². The number of amides is 1. The van der Waals surface area contributed by atoms with E-state index in [1.165, 1.54) is 0 Å². The fourth-order valence-electron chi connectivity index (χ4n) is 2.02. The first-order chi connectivity index (χ1) is 11.2. The number of nitrogens with two attached hydrogens (primary N) is 1. The maximum atomic E-state index is 11.1. The maximum absolute atomic E-state index is 11.1. The Balaban J connectivity index is -0.0000000751. The SMILES string of the molecule is C#CC#CC#CC.CC(=O)N1CCN(CC(C)(C)C)CC1.NN=O.[HH].[HH].[HH].[HH]. The second-order valence-electron chi connectivity index (χ2n) is 6.22. The average molecular weight is 341 g/mol. The van der Waals surface area contributed by atoms with Gasteiger partial charge in [-0.3, -0.25) is 15.5 Å². The Morgan fingerprint density at radius 1 is 1.21 bits per heavy atom. The predicted molar refractivity (Wildman–Crippen MR) is 107 cm³/mol. The molecule has 1 saturated heterocycles. The summed E-state index contributed by atoms with van der Waals surface area (Å²) in [5.74, 6) is 16.1. The van der Waals surface area contributed by atoms with Gasteiger partial charge < -0.3 is 4.90 Å². The summed E-state index contributed by atoms with van der Waals surface area (Å²) in [7, 11) is 0. The van der Waals surface area contributed by atoms with E-state index in [4.69, 9.17) is 11.3 Å². The van der Waals surface area contributed by atoms with E-state index in [2.05, 4.69) is 61.1 Å². The van der Waals surface area contributed by atoms with Crippen molar-refractivity contribution in [1.29, 1.82) is 0 Å². The van der Waals surface area contributed by atoms with E-state index in [1.807, 2.05) is 4.90 Å². The maximum Gasteiger partial charge on any atom is 0.219 e. The minimum Gasteiger partial charge on any atom is -0.340 e. The lowest BCUT2D eigenvalue weighted by atomic mass is 9.96. The molecule has 2 N–H and O–H groups in total. The third-order valence-corrected chi connectivity index (χ3v) is 2.84. The molecule has 0 aliphatic carbocycles. The lowest BCUT2D eigenvalue weighted by Crippen LogP contribution is -2.49. The number of nitroso groups, excluding NO2 is 1. The molecule has 0 atom stereocenters. The monoisotopic (exact) mass is 340 g/mol. The Hall–Kier alpha value is -2.49. The molecule has 0 aromatic heterocycles. The van der Waals surface area contributed by atoms with Crippen LogP contribution in [0.5, 0.6) is 0 Å². The van der Waals surface area contributed by atoms with Gasteiger partial charge in [-0.1, -0.05) is 26.7 Å². The standard InChI is InChI=1S/C11H22N2O.C7H4.H2N2O.4H2/c1-10(14)13-7-5-12(6-8-13)9-11(2,3)4;1-3-5-7-6-4-2;1-2-3;;;;/h5-9H2,1-4H3;1H,2H3;(H2,1,3);4*1H. The molecular formula is C18H36N4O2. The van der Waals surface area contributed by atoms with Gasteiger partial charge in [-0.15, -0.1) is 11.3 Å². The first-order valence-electron chi connectivity index (χ1n) is 7.59. The molecule has 1 aliphatic heterocycles. The molecular weight excluding hydrogens is 304 g/mol. The van der Waals surface area contributed by atoms with E-state index in [1.54, 1.807) is 19.1 Å². The van der Waals surface area contributed by atoms with E-state index in [0.29, 0.717) is 5.41 Å². The van der Waals surface area contributed by atoms with Crippen LogP contribution < -0.4 is 5.84 Å². The van der Waals surface area contributed by atoms with E-state index in [-0.39, 0.29) is 11.6 Å². The van der Waals surface area contributed by atoms with Crippen LogP contribution in [0, 0.1) is 46.3 Å². The molecule has 1 rings (SSSR count). The Labute approximate surface area is 152 Å². The van der Waals surface area contributed by atoms with Crippen molar-refractivity contribution in [2.75, 3.05) is 32.7 Å². The van der Waals surface area contributed by atoms with Gasteiger partial charge in [0.15, 0.2) is 0 Å². The lowest BCUT2D eigenvalue weighted by molar-refractivity contribution is -0.130. The molecule has 0 aromatic rings. The summed E-state index contributed by atoms with van der Waals surface area (Å²) in [5, 5.41) is 1.75. The number of nitrogens with zero attached hydrogens (tertiary/aromatic N) is 3. The van der Waals surface area contributed by atoms with Gasteiger partial charge in [-0.25, -0.2) is 0 Å². The average Bonchev–Trinajstić information content (AvgIpc) is 2.48. The number of carbonyl (C=O) groups excluding carboxylic acids is 1. The van der Waals surface area contributed by atoms with Crippen molar-refractivity contribution in [3.63, 3.8) is 0 Å². The second kappa shape index (κ2) is 14.1. The second-order valence-corrected chi connectivity index (χ2v) is 6.22. The molecule has 6 nitrogen and oxygen atoms in total. The number of hydrogen-bond acceptors (Lipinski definition) is 4. The minimum atomic E-state index is 0. The molecule has 0 aromatic carbocycles. The molecule has 0 saturated carbocycles. The highest BCUT2D eigenvalue weighted by atomic mass is 16.3. The number of carbonyl (C=O) groups is 1. The van der Waals surface area contributed by atoms with Crippen LogP contribution in [0.25, 0.3) is 0 Å². The molecule has 1 fully saturated rings. The van der Waals surface area contributed by atoms with Gasteiger partial charge in [0.05, 0.1) is 0 Å². The van der Waals surface area contributed by atoms with Crippen molar-refractivity contribution in [3.8, 4) is 36.0 Å². The summed E-state index contributed by atoms with van der Waals surface area (Å²) in [5.41, 5.74) is 0.360. The van der Waals surface area contributed by atoms with Gasteiger partial charge in [0, 0.05) is 50.6 Å². The largest absolute Gasteiger partial charge is 0.340 e. The number of piperazine rings is 1. The van der Waals surface area contributed by atoms with Crippen molar-refractivity contribution < 1.29 is 10.5 Å². The summed E-state index contributed by atoms with van der Waals surface area (Å²) in [6.07, 6.45) is 4.78. The van der Waals surface area contributed by atoms with E-state index in [9.17, 15) is 4.79 Å². The molecule has 0 spiro atoms. The highest BCUT2D eigenvalue weighted by Gasteiger charge is 2.22. The highest BCUT2D eigenvalue weighted by Crippen LogP contribution is 2.16. The van der Waals surface area contributed by atoms with Gasteiger partial charge in [-0.05, 0) is 36.0 Å². The fourth-order valence-corrected chi connectivity index (χ4v) is 2.02. The minimum absolute atomic E-state index is 0. The first-order valence-corrected chi connectivity index (χ1v) is 7.59. The first kappa shape index (κ1) is 23.8. The molecule has 24 heavy (non-hydrogen) atoms. The summed E-state index contributed by atoms with van der Waals surface area (Å²) in [6.45, 7) is 15.1. The van der Waals surface area contributed by atoms with Crippen LogP contribution in [-0.4, -0.2) is 48.4 Å². The lowest BCUT2D eigenvalue weighted by Gasteiger charge is -2.37. The van der Waals surface area contributed by atoms with Crippen molar-refractivity contribution in [2.24, 2.45) is 16.5 Å². The van der Waals surface area contributed by atoms with Gasteiger partial charge in [0.25, 0.3) is 0 Å². The number of rotatable bonds is 1. The van der Waals surface area contributed by atoms with Crippen LogP contribution in [0.2, 0.25) is 0 Å². The zero-order chi connectivity index (χ0) is 19.0. The van der Waals surface area contributed by atoms with Gasteiger partial charge in [-0.2, -0.15) is 0 Å². The van der Waals surface area contributed by atoms with E-state index >= 15 is 0 Å². The summed E-state index contributed by atoms with van der Waals surface area (Å²) < 4.78 is 0. The van der Waals surface area contributed by atoms with Crippen LogP contribution >= 0.6 is 0 Å². The molecule has 1 aliphatic rings. The van der Waals surface area contributed by atoms with Crippen LogP contribution in [0.4, 0.5) is 0 Å². The molecule has 6 heteroatoms. The molecule has 140 valence electrons. The van der Waals surface area contributed by atoms with Gasteiger partial charge in [0.1, 0.15) is 0 Å². The van der Waals surface area contributed by atoms with Crippen LogP contribution in [0.3, 0.4) is 0 Å². The molecule has 0 bridgehead atoms. The smallest absolute Gasteiger partial charge is 0.219 e. The summed E-state index contributed by atoms with van der Waals surface area (Å²) in [6, 6.07) is 0. The zero-order valence-electron chi connectivity index (χ0n) is 15.3. The van der Waals surface area contributed by atoms with Crippen LogP contribution in [-0.2, 0) is 4.79 Å². The Morgan fingerprint density at radius 2 is 1.71 bits per heavy atom. The number of terminal acetylenes is 1. The van der Waals surface area contributed by atoms with Crippen LogP contribution in [0.15, 0.2) is 5.29 Å². The zero-order valence-corrected chi connectivity index (χ0v) is 15.3. The van der Waals surface area contributed by atoms with Gasteiger partial charge >= 0.3 is 0 Å². The van der Waals surface area contributed by atoms with Crippen molar-refractivity contribution in [1.82, 2.24) is 9.80 Å². The van der Waals surface area contributed by atoms with Crippen LogP contribution in [0.1, 0.15) is 40.3 Å². The Morgan fingerprint density at radius 3 is 2.04 bits per heavy atom. The summed E-state index contributed by atoms with van der Waals surface area (Å²) >= 11 is 0. The van der Waals surface area contributed by atoms with Gasteiger partial charge in [0.2, 0.25) is 5.91 Å². The molecule has 0 radical (unpaired) electrons. The predicted octanol–water partition coefficient (Wildman–Crippen LogP) is 2.45. The third kappa shape index (κ3) is 15.9. The summed E-state index contributed by atoms with van der Waals surface area (Å²) in [4.78, 5) is 23.8. The topological polar surface area (TPSA) is 79.0 Å². The quantitative estimate of drug-likeness (QED) is 0.344. The molecule has 1 heterocycles. The Kier molecular flexibility index (Phi) is 14.0. The normalized spacial score (nSPS) is 13.1. The Bertz CT molecular complexity index is 544.